The number of hydrogen-bond donors (Lipinski definition) is 1. The highest BCUT2D eigenvalue weighted by Gasteiger charge is 2.17. The van der Waals surface area contributed by atoms with E-state index in [4.69, 9.17) is 10.7 Å². The van der Waals surface area contributed by atoms with Crippen molar-refractivity contribution in [1.29, 1.82) is 0 Å². The molecule has 2 heteroatoms. The molecule has 0 aliphatic rings. The van der Waals surface area contributed by atoms with E-state index in [-0.39, 0.29) is 5.92 Å². The molecule has 0 bridgehead atoms. The summed E-state index contributed by atoms with van der Waals surface area (Å²) in [6.07, 6.45) is 1.76. The van der Waals surface area contributed by atoms with Gasteiger partial charge in [-0.05, 0) is 28.8 Å². The molecule has 0 amide bonds. The maximum atomic E-state index is 5.33. The van der Waals surface area contributed by atoms with Crippen LogP contribution >= 0.6 is 0 Å². The van der Waals surface area contributed by atoms with E-state index in [1.807, 2.05) is 45.9 Å². The number of nitrogens with two attached hydrogens (primary N) is 1. The van der Waals surface area contributed by atoms with E-state index in [9.17, 15) is 0 Å². The second-order valence-electron chi connectivity index (χ2n) is 5.37. The summed E-state index contributed by atoms with van der Waals surface area (Å²) in [5.41, 5.74) is 4.56. The van der Waals surface area contributed by atoms with Gasteiger partial charge in [0.05, 0.1) is 0 Å². The van der Waals surface area contributed by atoms with Crippen molar-refractivity contribution in [3.8, 4) is 5.75 Å². The monoisotopic (exact) mass is 361 g/mol. The third-order valence-corrected chi connectivity index (χ3v) is 3.98. The van der Waals surface area contributed by atoms with Crippen LogP contribution in [0.3, 0.4) is 0 Å². The van der Waals surface area contributed by atoms with Crippen LogP contribution < -0.4 is 10.7 Å². The predicted octanol–water partition coefficient (Wildman–Crippen LogP) is 6.81. The molecule has 0 aliphatic carbocycles. The fourth-order valence-electron chi connectivity index (χ4n) is 2.88. The van der Waals surface area contributed by atoms with Gasteiger partial charge in [0.25, 0.3) is 0 Å². The summed E-state index contributed by atoms with van der Waals surface area (Å²) < 4.78 is 0. The van der Waals surface area contributed by atoms with Gasteiger partial charge in [-0.3, -0.25) is 0 Å². The fraction of sp³-hybridized carbons (Fsp3) is 0.200. The third kappa shape index (κ3) is 5.83. The summed E-state index contributed by atoms with van der Waals surface area (Å²) in [5, 5.41) is 0. The average molecular weight is 362 g/mol. The Bertz CT molecular complexity index is 742. The highest BCUT2D eigenvalue weighted by molar-refractivity contribution is 5.59. The Morgan fingerprint density at radius 3 is 1.63 bits per heavy atom. The Morgan fingerprint density at radius 2 is 1.22 bits per heavy atom. The first-order valence-corrected chi connectivity index (χ1v) is 9.56. The van der Waals surface area contributed by atoms with Gasteiger partial charge < -0.3 is 4.84 Å². The molecule has 0 heterocycles. The second kappa shape index (κ2) is 12.5. The zero-order valence-electron chi connectivity index (χ0n) is 16.9. The largest absolute Gasteiger partial charge is 0.411 e. The van der Waals surface area contributed by atoms with Crippen molar-refractivity contribution in [3.05, 3.63) is 108 Å². The Morgan fingerprint density at radius 1 is 0.741 bits per heavy atom. The van der Waals surface area contributed by atoms with Crippen LogP contribution in [0.15, 0.2) is 85.4 Å². The maximum Gasteiger partial charge on any atom is 0.154 e. The molecule has 0 aromatic heterocycles. The molecule has 0 aliphatic heterocycles. The highest BCUT2D eigenvalue weighted by Crippen LogP contribution is 2.34. The van der Waals surface area contributed by atoms with Crippen LogP contribution in [0.25, 0.3) is 6.08 Å². The Kier molecular flexibility index (Phi) is 10.3. The third-order valence-electron chi connectivity index (χ3n) is 3.98. The van der Waals surface area contributed by atoms with E-state index in [1.54, 1.807) is 6.08 Å². The van der Waals surface area contributed by atoms with Gasteiger partial charge >= 0.3 is 0 Å². The molecule has 0 spiro atoms. The second-order valence-corrected chi connectivity index (χ2v) is 5.37. The van der Waals surface area contributed by atoms with Crippen LogP contribution in [0.1, 0.15) is 55.9 Å². The van der Waals surface area contributed by atoms with Gasteiger partial charge in [-0.25, -0.2) is 0 Å². The van der Waals surface area contributed by atoms with Crippen LogP contribution in [-0.2, 0) is 0 Å². The minimum Gasteiger partial charge on any atom is -0.411 e. The summed E-state index contributed by atoms with van der Waals surface area (Å²) >= 11 is 0. The van der Waals surface area contributed by atoms with E-state index >= 15 is 0 Å². The molecule has 3 rings (SSSR count). The molecule has 2 nitrogen and oxygen atoms in total. The van der Waals surface area contributed by atoms with E-state index in [0.29, 0.717) is 5.75 Å². The normalized spacial score (nSPS) is 9.41. The molecular weight excluding hydrogens is 330 g/mol. The van der Waals surface area contributed by atoms with Crippen molar-refractivity contribution in [3.63, 3.8) is 0 Å². The topological polar surface area (TPSA) is 35.2 Å². The lowest BCUT2D eigenvalue weighted by molar-refractivity contribution is 0.333. The molecule has 0 saturated carbocycles. The van der Waals surface area contributed by atoms with E-state index in [1.165, 1.54) is 16.7 Å². The Balaban J connectivity index is 0.000000855. The zero-order valence-corrected chi connectivity index (χ0v) is 16.9. The molecule has 0 atom stereocenters. The van der Waals surface area contributed by atoms with E-state index in [0.717, 1.165) is 5.56 Å². The van der Waals surface area contributed by atoms with Crippen LogP contribution in [0.2, 0.25) is 0 Å². The molecule has 0 radical (unpaired) electrons. The highest BCUT2D eigenvalue weighted by atomic mass is 16.6. The summed E-state index contributed by atoms with van der Waals surface area (Å²) in [5.74, 6) is 6.11. The summed E-state index contributed by atoms with van der Waals surface area (Å²) in [7, 11) is 0. The van der Waals surface area contributed by atoms with Gasteiger partial charge in [0, 0.05) is 11.5 Å². The first-order chi connectivity index (χ1) is 13.3. The summed E-state index contributed by atoms with van der Waals surface area (Å²) in [6.45, 7) is 11.8. The molecule has 142 valence electrons. The van der Waals surface area contributed by atoms with Crippen molar-refractivity contribution >= 4 is 6.08 Å². The minimum absolute atomic E-state index is 0.155. The lowest BCUT2D eigenvalue weighted by atomic mass is 9.84. The Labute approximate surface area is 164 Å². The van der Waals surface area contributed by atoms with Crippen molar-refractivity contribution in [2.24, 2.45) is 5.90 Å². The lowest BCUT2D eigenvalue weighted by Crippen LogP contribution is -2.06. The lowest BCUT2D eigenvalue weighted by Gasteiger charge is -2.20. The average Bonchev–Trinajstić information content (AvgIpc) is 2.78. The van der Waals surface area contributed by atoms with Crippen LogP contribution in [0, 0.1) is 0 Å². The predicted molar refractivity (Wildman–Crippen MR) is 118 cm³/mol. The molecule has 27 heavy (non-hydrogen) atoms. The van der Waals surface area contributed by atoms with E-state index in [2.05, 4.69) is 67.2 Å². The molecule has 0 unspecified atom stereocenters. The smallest absolute Gasteiger partial charge is 0.154 e. The summed E-state index contributed by atoms with van der Waals surface area (Å²) in [4.78, 5) is 4.91. The van der Waals surface area contributed by atoms with E-state index < -0.39 is 0 Å². The van der Waals surface area contributed by atoms with Crippen molar-refractivity contribution in [2.75, 3.05) is 0 Å². The molecule has 3 aromatic rings. The molecule has 3 aromatic carbocycles. The number of benzene rings is 3. The number of hydrogen-bond acceptors (Lipinski definition) is 2. The van der Waals surface area contributed by atoms with Crippen LogP contribution in [0.5, 0.6) is 5.75 Å². The first-order valence-electron chi connectivity index (χ1n) is 9.56. The van der Waals surface area contributed by atoms with Crippen molar-refractivity contribution in [1.82, 2.24) is 0 Å². The molecule has 0 saturated heterocycles. The van der Waals surface area contributed by atoms with Crippen LogP contribution in [-0.4, -0.2) is 0 Å². The SMILES string of the molecule is C=Cc1cc(C(c2ccccc2)c2ccccc2)ccc1ON.CC.CC. The van der Waals surface area contributed by atoms with Crippen molar-refractivity contribution < 1.29 is 4.84 Å². The van der Waals surface area contributed by atoms with Gasteiger partial charge in [-0.15, -0.1) is 0 Å². The first kappa shape index (κ1) is 22.2. The van der Waals surface area contributed by atoms with Gasteiger partial charge in [0.2, 0.25) is 0 Å². The maximum absolute atomic E-state index is 5.33. The van der Waals surface area contributed by atoms with Gasteiger partial charge in [-0.2, -0.15) is 5.90 Å². The number of rotatable bonds is 5. The zero-order chi connectivity index (χ0) is 20.1. The van der Waals surface area contributed by atoms with Gasteiger partial charge in [0.15, 0.2) is 5.75 Å². The fourth-order valence-corrected chi connectivity index (χ4v) is 2.88. The van der Waals surface area contributed by atoms with Crippen molar-refractivity contribution in [2.45, 2.75) is 33.6 Å². The Hall–Kier alpha value is -2.84. The molecule has 2 N–H and O–H groups in total. The van der Waals surface area contributed by atoms with Gasteiger partial charge in [0.1, 0.15) is 0 Å². The molecular formula is C25H31NO. The minimum atomic E-state index is 0.155. The summed E-state index contributed by atoms with van der Waals surface area (Å²) in [6, 6.07) is 27.0. The quantitative estimate of drug-likeness (QED) is 0.400. The molecule has 0 fully saturated rings. The van der Waals surface area contributed by atoms with Crippen LogP contribution in [0.4, 0.5) is 0 Å². The van der Waals surface area contributed by atoms with Gasteiger partial charge in [-0.1, -0.05) is 107 Å². The standard InChI is InChI=1S/C21H19NO.2C2H6/c1-2-16-15-19(13-14-20(16)23-22)21(17-9-5-3-6-10-17)18-11-7-4-8-12-18;2*1-2/h2-15,21H,1,22H2;2*1-2H3.